The van der Waals surface area contributed by atoms with Crippen molar-refractivity contribution in [2.75, 3.05) is 0 Å². The summed E-state index contributed by atoms with van der Waals surface area (Å²) in [7, 11) is 0. The summed E-state index contributed by atoms with van der Waals surface area (Å²) in [5.74, 6) is -0.654. The summed E-state index contributed by atoms with van der Waals surface area (Å²) in [6.07, 6.45) is 2.21. The predicted molar refractivity (Wildman–Crippen MR) is 102 cm³/mol. The van der Waals surface area contributed by atoms with Gasteiger partial charge in [0, 0.05) is 23.6 Å². The quantitative estimate of drug-likeness (QED) is 0.736. The number of rotatable bonds is 7. The van der Waals surface area contributed by atoms with Crippen LogP contribution in [-0.2, 0) is 10.3 Å². The van der Waals surface area contributed by atoms with Crippen LogP contribution < -0.4 is 15.8 Å². The van der Waals surface area contributed by atoms with E-state index in [1.54, 1.807) is 12.1 Å². The van der Waals surface area contributed by atoms with E-state index in [9.17, 15) is 4.79 Å². The van der Waals surface area contributed by atoms with Crippen LogP contribution in [0.2, 0.25) is 5.02 Å². The molecule has 146 valence electrons. The fourth-order valence-corrected chi connectivity index (χ4v) is 3.65. The first-order valence-corrected chi connectivity index (χ1v) is 9.23. The molecule has 2 aromatic rings. The highest BCUT2D eigenvalue weighted by Gasteiger charge is 2.54. The van der Waals surface area contributed by atoms with Gasteiger partial charge >= 0.3 is 0 Å². The molecule has 1 unspecified atom stereocenters. The van der Waals surface area contributed by atoms with Crippen molar-refractivity contribution in [3.63, 3.8) is 0 Å². The number of hydrogen-bond acceptors (Lipinski definition) is 5. The summed E-state index contributed by atoms with van der Waals surface area (Å²) in [6.45, 7) is 3.84. The Kier molecular flexibility index (Phi) is 5.54. The molecule has 6 nitrogen and oxygen atoms in total. The number of amides is 1. The second-order valence-electron chi connectivity index (χ2n) is 7.12. The number of ether oxygens (including phenoxy) is 1. The Morgan fingerprint density at radius 1 is 1.54 bits per heavy atom. The number of pyridine rings is 1. The zero-order chi connectivity index (χ0) is 20.5. The van der Waals surface area contributed by atoms with E-state index in [1.165, 1.54) is 18.3 Å². The number of nitrogens with zero attached hydrogens (tertiary/aromatic N) is 2. The molecule has 0 aliphatic heterocycles. The number of halogens is 2. The average Bonchev–Trinajstić information content (AvgIpc) is 3.27. The Morgan fingerprint density at radius 3 is 2.79 bits per heavy atom. The smallest absolute Gasteiger partial charge is 0.218 e. The van der Waals surface area contributed by atoms with Crippen LogP contribution in [-0.4, -0.2) is 16.9 Å². The second-order valence-corrected chi connectivity index (χ2v) is 7.53. The van der Waals surface area contributed by atoms with Gasteiger partial charge in [-0.15, -0.1) is 0 Å². The minimum atomic E-state index is -0.607. The van der Waals surface area contributed by atoms with Gasteiger partial charge in [0.25, 0.3) is 0 Å². The predicted octanol–water partition coefficient (Wildman–Crippen LogP) is 3.63. The molecule has 1 heterocycles. The van der Waals surface area contributed by atoms with Crippen molar-refractivity contribution in [3.05, 3.63) is 52.6 Å². The van der Waals surface area contributed by atoms with Crippen molar-refractivity contribution < 1.29 is 13.9 Å². The molecule has 1 fully saturated rings. The van der Waals surface area contributed by atoms with Gasteiger partial charge < -0.3 is 15.8 Å². The van der Waals surface area contributed by atoms with Crippen molar-refractivity contribution in [1.82, 2.24) is 10.3 Å². The van der Waals surface area contributed by atoms with Crippen LogP contribution in [0.25, 0.3) is 0 Å². The van der Waals surface area contributed by atoms with E-state index in [2.05, 4.69) is 10.3 Å². The third kappa shape index (κ3) is 3.93. The van der Waals surface area contributed by atoms with Crippen LogP contribution in [0.5, 0.6) is 11.5 Å². The lowest BCUT2D eigenvalue weighted by Crippen LogP contribution is -2.40. The lowest BCUT2D eigenvalue weighted by atomic mass is 9.99. The SMILES string of the molecule is C[C@@H]1CC1(N[C@@H](C)CC(N)=O)c1ccc(Cl)c(Oc2ccc(C#N)nc2)c1F. The van der Waals surface area contributed by atoms with E-state index >= 15 is 4.39 Å². The number of primary amides is 1. The molecule has 0 radical (unpaired) electrons. The number of benzene rings is 1. The molecule has 1 amide bonds. The monoisotopic (exact) mass is 402 g/mol. The molecule has 3 rings (SSSR count). The first kappa shape index (κ1) is 20.1. The highest BCUT2D eigenvalue weighted by Crippen LogP contribution is 2.54. The Bertz CT molecular complexity index is 944. The largest absolute Gasteiger partial charge is 0.451 e. The van der Waals surface area contributed by atoms with Gasteiger partial charge in [-0.1, -0.05) is 24.6 Å². The molecule has 0 saturated heterocycles. The van der Waals surface area contributed by atoms with E-state index in [-0.39, 0.29) is 40.6 Å². The number of carbonyl (C=O) groups excluding carboxylic acids is 1. The Morgan fingerprint density at radius 2 is 2.25 bits per heavy atom. The molecule has 1 aliphatic rings. The summed E-state index contributed by atoms with van der Waals surface area (Å²) in [4.78, 5) is 15.1. The van der Waals surface area contributed by atoms with Crippen LogP contribution >= 0.6 is 11.6 Å². The standard InChI is InChI=1S/C20H20ClFN4O2/c1-11-8-20(11,26-12(2)7-17(24)27)15-5-6-16(21)19(18(15)22)28-14-4-3-13(9-23)25-10-14/h3-6,10-12,26H,7-8H2,1-2H3,(H2,24,27)/t11-,12+,20?/m1/s1. The van der Waals surface area contributed by atoms with Crippen molar-refractivity contribution in [3.8, 4) is 17.6 Å². The number of aromatic nitrogens is 1. The maximum atomic E-state index is 15.4. The molecule has 1 saturated carbocycles. The van der Waals surface area contributed by atoms with Crippen LogP contribution in [0.3, 0.4) is 0 Å². The zero-order valence-electron chi connectivity index (χ0n) is 15.5. The van der Waals surface area contributed by atoms with Crippen molar-refractivity contribution in [2.24, 2.45) is 11.7 Å². The summed E-state index contributed by atoms with van der Waals surface area (Å²) in [6, 6.07) is 7.92. The summed E-state index contributed by atoms with van der Waals surface area (Å²) < 4.78 is 21.0. The Hall–Kier alpha value is -2.69. The van der Waals surface area contributed by atoms with Crippen molar-refractivity contribution in [2.45, 2.75) is 38.3 Å². The highest BCUT2D eigenvalue weighted by atomic mass is 35.5. The molecular formula is C20H20ClFN4O2. The third-order valence-corrected chi connectivity index (χ3v) is 5.22. The van der Waals surface area contributed by atoms with Crippen LogP contribution in [0.4, 0.5) is 4.39 Å². The Balaban J connectivity index is 1.91. The molecule has 1 aromatic heterocycles. The lowest BCUT2D eigenvalue weighted by Gasteiger charge is -2.25. The van der Waals surface area contributed by atoms with Crippen LogP contribution in [0, 0.1) is 23.1 Å². The average molecular weight is 403 g/mol. The molecule has 1 aromatic carbocycles. The first-order valence-electron chi connectivity index (χ1n) is 8.85. The van der Waals surface area contributed by atoms with Gasteiger partial charge in [-0.25, -0.2) is 9.37 Å². The molecule has 8 heteroatoms. The minimum Gasteiger partial charge on any atom is -0.451 e. The number of carbonyl (C=O) groups is 1. The third-order valence-electron chi connectivity index (χ3n) is 4.92. The summed E-state index contributed by atoms with van der Waals surface area (Å²) in [5, 5.41) is 12.3. The summed E-state index contributed by atoms with van der Waals surface area (Å²) >= 11 is 6.17. The topological polar surface area (TPSA) is 101 Å². The normalized spacial score (nSPS) is 21.6. The number of hydrogen-bond donors (Lipinski definition) is 2. The van der Waals surface area contributed by atoms with E-state index in [1.807, 2.05) is 19.9 Å². The molecular weight excluding hydrogens is 383 g/mol. The number of nitrogens with one attached hydrogen (secondary N) is 1. The van der Waals surface area contributed by atoms with Gasteiger partial charge in [0.2, 0.25) is 5.91 Å². The number of nitrogens with two attached hydrogens (primary N) is 1. The van der Waals surface area contributed by atoms with Gasteiger partial charge in [0.15, 0.2) is 11.6 Å². The van der Waals surface area contributed by atoms with E-state index < -0.39 is 17.3 Å². The molecule has 28 heavy (non-hydrogen) atoms. The van der Waals surface area contributed by atoms with Gasteiger partial charge in [0.1, 0.15) is 17.5 Å². The van der Waals surface area contributed by atoms with Crippen molar-refractivity contribution in [1.29, 1.82) is 5.26 Å². The van der Waals surface area contributed by atoms with Gasteiger partial charge in [-0.2, -0.15) is 5.26 Å². The summed E-state index contributed by atoms with van der Waals surface area (Å²) in [5.41, 5.74) is 5.32. The second kappa shape index (κ2) is 7.74. The van der Waals surface area contributed by atoms with Gasteiger partial charge in [-0.05, 0) is 37.5 Å². The fourth-order valence-electron chi connectivity index (χ4n) is 3.47. The van der Waals surface area contributed by atoms with E-state index in [0.717, 1.165) is 0 Å². The molecule has 3 atom stereocenters. The van der Waals surface area contributed by atoms with Crippen LogP contribution in [0.15, 0.2) is 30.5 Å². The molecule has 3 N–H and O–H groups in total. The molecule has 0 spiro atoms. The maximum absolute atomic E-state index is 15.4. The maximum Gasteiger partial charge on any atom is 0.218 e. The minimum absolute atomic E-state index is 0.103. The highest BCUT2D eigenvalue weighted by molar-refractivity contribution is 6.32. The lowest BCUT2D eigenvalue weighted by molar-refractivity contribution is -0.118. The van der Waals surface area contributed by atoms with Gasteiger partial charge in [0.05, 0.1) is 11.2 Å². The van der Waals surface area contributed by atoms with E-state index in [0.29, 0.717) is 12.0 Å². The van der Waals surface area contributed by atoms with Crippen molar-refractivity contribution >= 4 is 17.5 Å². The zero-order valence-corrected chi connectivity index (χ0v) is 16.3. The molecule has 1 aliphatic carbocycles. The molecule has 0 bridgehead atoms. The fraction of sp³-hybridized carbons (Fsp3) is 0.350. The van der Waals surface area contributed by atoms with Gasteiger partial charge in [-0.3, -0.25) is 4.79 Å². The van der Waals surface area contributed by atoms with Crippen LogP contribution in [0.1, 0.15) is 37.9 Å². The number of nitriles is 1. The van der Waals surface area contributed by atoms with E-state index in [4.69, 9.17) is 27.3 Å². The first-order chi connectivity index (χ1) is 13.3. The Labute approximate surface area is 167 Å².